The predicted molar refractivity (Wildman–Crippen MR) is 52.6 cm³/mol. The van der Waals surface area contributed by atoms with E-state index in [0.29, 0.717) is 4.90 Å². The summed E-state index contributed by atoms with van der Waals surface area (Å²) in [5, 5.41) is 0. The Labute approximate surface area is 92.6 Å². The highest BCUT2D eigenvalue weighted by molar-refractivity contribution is 5.84. The fourth-order valence-electron chi connectivity index (χ4n) is 1.09. The molecule has 0 radical (unpaired) electrons. The van der Waals surface area contributed by atoms with E-state index < -0.39 is 29.7 Å². The fraction of sp³-hybridized carbons (Fsp3) is 0.900. The van der Waals surface area contributed by atoms with Crippen molar-refractivity contribution in [3.63, 3.8) is 0 Å². The van der Waals surface area contributed by atoms with Crippen LogP contribution in [0, 0.1) is 5.41 Å². The molecule has 1 amide bonds. The quantitative estimate of drug-likeness (QED) is 0.698. The van der Waals surface area contributed by atoms with E-state index in [1.54, 1.807) is 27.7 Å². The Hall–Kier alpha value is -0.810. The van der Waals surface area contributed by atoms with E-state index in [-0.39, 0.29) is 0 Å². The van der Waals surface area contributed by atoms with Crippen molar-refractivity contribution in [2.24, 2.45) is 5.41 Å². The first kappa shape index (κ1) is 15.2. The van der Waals surface area contributed by atoms with Crippen LogP contribution in [0.25, 0.3) is 0 Å². The average molecular weight is 243 g/mol. The molecule has 0 aliphatic heterocycles. The van der Waals surface area contributed by atoms with Crippen LogP contribution < -0.4 is 0 Å². The number of nitrogens with zero attached hydrogens (tertiary/aromatic N) is 1. The third-order valence-corrected chi connectivity index (χ3v) is 2.71. The van der Waals surface area contributed by atoms with E-state index in [9.17, 15) is 22.4 Å². The fourth-order valence-corrected chi connectivity index (χ4v) is 1.09. The molecule has 0 aromatic heterocycles. The Balaban J connectivity index is 4.89. The number of amides is 1. The number of hydrogen-bond donors (Lipinski definition) is 0. The second-order valence-electron chi connectivity index (χ2n) is 4.88. The van der Waals surface area contributed by atoms with Crippen LogP contribution in [-0.2, 0) is 4.79 Å². The summed E-state index contributed by atoms with van der Waals surface area (Å²) in [6.07, 6.45) is -3.98. The van der Waals surface area contributed by atoms with Gasteiger partial charge >= 0.3 is 12.3 Å². The average Bonchev–Trinajstić information content (AvgIpc) is 2.12. The molecule has 0 aliphatic rings. The maximum atomic E-state index is 12.8. The molecule has 0 aliphatic carbocycles. The molecule has 16 heavy (non-hydrogen) atoms. The highest BCUT2D eigenvalue weighted by Crippen LogP contribution is 2.29. The summed E-state index contributed by atoms with van der Waals surface area (Å²) in [4.78, 5) is 11.9. The molecule has 0 aromatic carbocycles. The van der Waals surface area contributed by atoms with Crippen molar-refractivity contribution < 1.29 is 22.4 Å². The minimum atomic E-state index is -4.62. The van der Waals surface area contributed by atoms with Crippen LogP contribution in [-0.4, -0.2) is 36.2 Å². The summed E-state index contributed by atoms with van der Waals surface area (Å²) in [6.45, 7) is 6.76. The van der Waals surface area contributed by atoms with Gasteiger partial charge in [0.25, 0.3) is 5.91 Å². The van der Waals surface area contributed by atoms with E-state index in [0.717, 1.165) is 7.05 Å². The zero-order valence-corrected chi connectivity index (χ0v) is 10.0. The van der Waals surface area contributed by atoms with Crippen molar-refractivity contribution in [2.45, 2.75) is 46.1 Å². The second kappa shape index (κ2) is 4.59. The molecule has 0 aromatic rings. The Morgan fingerprint density at radius 1 is 1.19 bits per heavy atom. The van der Waals surface area contributed by atoms with Crippen molar-refractivity contribution in [3.05, 3.63) is 0 Å². The van der Waals surface area contributed by atoms with Crippen LogP contribution in [0.15, 0.2) is 0 Å². The largest absolute Gasteiger partial charge is 0.383 e. The predicted octanol–water partition coefficient (Wildman–Crippen LogP) is 2.78. The minimum absolute atomic E-state index is 0.456. The van der Waals surface area contributed by atoms with Gasteiger partial charge in [-0.3, -0.25) is 4.79 Å². The van der Waals surface area contributed by atoms with Crippen LogP contribution in [0.3, 0.4) is 0 Å². The summed E-state index contributed by atoms with van der Waals surface area (Å²) in [5.74, 6) is -6.46. The SMILES string of the molecule is CC(N(C)C(=O)C(F)(F)C(F)F)C(C)(C)C. The number of rotatable bonds is 3. The summed E-state index contributed by atoms with van der Waals surface area (Å²) < 4.78 is 49.6. The molecule has 0 bridgehead atoms. The highest BCUT2D eigenvalue weighted by atomic mass is 19.3. The summed E-state index contributed by atoms with van der Waals surface area (Å²) in [6, 6.07) is -0.565. The van der Waals surface area contributed by atoms with Gasteiger partial charge in [-0.2, -0.15) is 8.78 Å². The number of hydrogen-bond acceptors (Lipinski definition) is 1. The number of halogens is 4. The molecule has 96 valence electrons. The lowest BCUT2D eigenvalue weighted by molar-refractivity contribution is -0.182. The van der Waals surface area contributed by atoms with Crippen LogP contribution >= 0.6 is 0 Å². The topological polar surface area (TPSA) is 20.3 Å². The van der Waals surface area contributed by atoms with Crippen LogP contribution in [0.4, 0.5) is 17.6 Å². The van der Waals surface area contributed by atoms with E-state index in [1.807, 2.05) is 0 Å². The van der Waals surface area contributed by atoms with Crippen molar-refractivity contribution >= 4 is 5.91 Å². The van der Waals surface area contributed by atoms with Gasteiger partial charge in [0, 0.05) is 13.1 Å². The van der Waals surface area contributed by atoms with E-state index in [4.69, 9.17) is 0 Å². The first-order chi connectivity index (χ1) is 6.92. The number of carbonyl (C=O) groups is 1. The maximum Gasteiger partial charge on any atom is 0.383 e. The molecule has 0 N–H and O–H groups in total. The Bertz CT molecular complexity index is 260. The van der Waals surface area contributed by atoms with Crippen molar-refractivity contribution in [3.8, 4) is 0 Å². The molecule has 0 spiro atoms. The highest BCUT2D eigenvalue weighted by Gasteiger charge is 2.51. The van der Waals surface area contributed by atoms with Crippen molar-refractivity contribution in [1.82, 2.24) is 4.90 Å². The summed E-state index contributed by atoms with van der Waals surface area (Å²) >= 11 is 0. The minimum Gasteiger partial charge on any atom is -0.337 e. The lowest BCUT2D eigenvalue weighted by atomic mass is 9.87. The molecule has 0 rings (SSSR count). The maximum absolute atomic E-state index is 12.8. The van der Waals surface area contributed by atoms with E-state index in [2.05, 4.69) is 0 Å². The molecule has 1 unspecified atom stereocenters. The van der Waals surface area contributed by atoms with Gasteiger partial charge in [-0.15, -0.1) is 0 Å². The molecular formula is C10H17F4NO. The first-order valence-electron chi connectivity index (χ1n) is 4.85. The summed E-state index contributed by atoms with van der Waals surface area (Å²) in [7, 11) is 1.11. The first-order valence-corrected chi connectivity index (χ1v) is 4.85. The van der Waals surface area contributed by atoms with E-state index in [1.165, 1.54) is 0 Å². The number of alkyl halides is 4. The monoisotopic (exact) mass is 243 g/mol. The Morgan fingerprint density at radius 3 is 1.81 bits per heavy atom. The zero-order valence-electron chi connectivity index (χ0n) is 10.0. The third-order valence-electron chi connectivity index (χ3n) is 2.71. The van der Waals surface area contributed by atoms with Crippen molar-refractivity contribution in [2.75, 3.05) is 7.05 Å². The molecule has 0 heterocycles. The Kier molecular flexibility index (Phi) is 4.36. The van der Waals surface area contributed by atoms with Gasteiger partial charge in [0.15, 0.2) is 0 Å². The van der Waals surface area contributed by atoms with Gasteiger partial charge in [-0.25, -0.2) is 8.78 Å². The molecule has 6 heteroatoms. The number of carbonyl (C=O) groups excluding carboxylic acids is 1. The van der Waals surface area contributed by atoms with Crippen LogP contribution in [0.2, 0.25) is 0 Å². The molecule has 2 nitrogen and oxygen atoms in total. The van der Waals surface area contributed by atoms with Gasteiger partial charge in [0.2, 0.25) is 0 Å². The van der Waals surface area contributed by atoms with Crippen molar-refractivity contribution in [1.29, 1.82) is 0 Å². The summed E-state index contributed by atoms with van der Waals surface area (Å²) in [5.41, 5.74) is -0.456. The Morgan fingerprint density at radius 2 is 1.56 bits per heavy atom. The zero-order chi connectivity index (χ0) is 13.3. The smallest absolute Gasteiger partial charge is 0.337 e. The third kappa shape index (κ3) is 3.09. The van der Waals surface area contributed by atoms with Crippen LogP contribution in [0.5, 0.6) is 0 Å². The van der Waals surface area contributed by atoms with Gasteiger partial charge in [0.05, 0.1) is 0 Å². The lowest BCUT2D eigenvalue weighted by Crippen LogP contribution is -2.52. The van der Waals surface area contributed by atoms with Gasteiger partial charge in [0.1, 0.15) is 0 Å². The standard InChI is InChI=1S/C10H17F4NO/c1-6(9(2,3)4)15(5)8(16)10(13,14)7(11)12/h6-7H,1-5H3. The molecule has 0 saturated heterocycles. The van der Waals surface area contributed by atoms with E-state index >= 15 is 0 Å². The molecular weight excluding hydrogens is 226 g/mol. The lowest BCUT2D eigenvalue weighted by Gasteiger charge is -2.36. The van der Waals surface area contributed by atoms with Gasteiger partial charge in [-0.05, 0) is 12.3 Å². The normalized spacial score (nSPS) is 15.1. The molecule has 1 atom stereocenters. The molecule has 0 fully saturated rings. The van der Waals surface area contributed by atoms with Gasteiger partial charge < -0.3 is 4.90 Å². The molecule has 0 saturated carbocycles. The van der Waals surface area contributed by atoms with Crippen LogP contribution in [0.1, 0.15) is 27.7 Å². The van der Waals surface area contributed by atoms with Gasteiger partial charge in [-0.1, -0.05) is 20.8 Å². The second-order valence-corrected chi connectivity index (χ2v) is 4.88.